The van der Waals surface area contributed by atoms with Crippen molar-refractivity contribution in [2.75, 3.05) is 11.4 Å². The Morgan fingerprint density at radius 1 is 1.13 bits per heavy atom. The first-order valence-corrected chi connectivity index (χ1v) is 10.0. The third kappa shape index (κ3) is 7.39. The number of aryl methyl sites for hydroxylation is 1. The maximum atomic E-state index is 13.0. The second-order valence-corrected chi connectivity index (χ2v) is 7.86. The van der Waals surface area contributed by atoms with Crippen LogP contribution in [0.4, 0.5) is 18.9 Å². The fourth-order valence-corrected chi connectivity index (χ4v) is 2.98. The quantitative estimate of drug-likeness (QED) is 0.420. The van der Waals surface area contributed by atoms with Crippen LogP contribution in [0.15, 0.2) is 48.5 Å². The van der Waals surface area contributed by atoms with Crippen LogP contribution in [0.5, 0.6) is 0 Å². The van der Waals surface area contributed by atoms with Gasteiger partial charge in [-0.1, -0.05) is 18.2 Å². The van der Waals surface area contributed by atoms with Crippen LogP contribution in [0.25, 0.3) is 0 Å². The second-order valence-electron chi connectivity index (χ2n) is 6.57. The lowest BCUT2D eigenvalue weighted by Gasteiger charge is -2.22. The van der Waals surface area contributed by atoms with E-state index in [9.17, 15) is 32.7 Å². The van der Waals surface area contributed by atoms with Crippen LogP contribution < -0.4 is 4.90 Å². The van der Waals surface area contributed by atoms with Crippen LogP contribution in [0.1, 0.15) is 34.8 Å². The minimum Gasteiger partial charge on any atom is -0.480 e. The van der Waals surface area contributed by atoms with Crippen molar-refractivity contribution in [3.05, 3.63) is 65.2 Å². The van der Waals surface area contributed by atoms with E-state index in [1.807, 2.05) is 0 Å². The van der Waals surface area contributed by atoms with Crippen molar-refractivity contribution >= 4 is 39.5 Å². The fraction of sp³-hybridized carbons (Fsp3) is 0.286. The Balaban J connectivity index is 2.28. The third-order valence-electron chi connectivity index (χ3n) is 4.11. The zero-order valence-electron chi connectivity index (χ0n) is 16.4. The van der Waals surface area contributed by atoms with E-state index in [2.05, 4.69) is 15.9 Å². The molecule has 2 aromatic carbocycles. The van der Waals surface area contributed by atoms with E-state index in [4.69, 9.17) is 4.74 Å². The van der Waals surface area contributed by atoms with Crippen molar-refractivity contribution in [1.82, 2.24) is 0 Å². The van der Waals surface area contributed by atoms with E-state index in [0.717, 1.165) is 23.1 Å². The number of aliphatic carboxylic acids is 1. The first-order chi connectivity index (χ1) is 14.5. The number of amides is 1. The van der Waals surface area contributed by atoms with Gasteiger partial charge in [-0.3, -0.25) is 19.3 Å². The molecule has 0 heterocycles. The summed E-state index contributed by atoms with van der Waals surface area (Å²) in [4.78, 5) is 36.7. The minimum atomic E-state index is -4.64. The fourth-order valence-electron chi connectivity index (χ4n) is 2.77. The monoisotopic (exact) mass is 501 g/mol. The van der Waals surface area contributed by atoms with Gasteiger partial charge >= 0.3 is 18.1 Å². The molecule has 10 heteroatoms. The number of benzene rings is 2. The summed E-state index contributed by atoms with van der Waals surface area (Å²) in [6, 6.07) is 10.0. The number of halogens is 4. The Hall–Kier alpha value is -2.88. The van der Waals surface area contributed by atoms with Gasteiger partial charge in [-0.2, -0.15) is 13.2 Å². The van der Waals surface area contributed by atoms with Crippen LogP contribution in [-0.2, 0) is 26.9 Å². The van der Waals surface area contributed by atoms with Crippen LogP contribution >= 0.6 is 15.9 Å². The molecule has 2 rings (SSSR count). The van der Waals surface area contributed by atoms with E-state index >= 15 is 0 Å². The molecule has 1 N–H and O–H groups in total. The average molecular weight is 502 g/mol. The first-order valence-electron chi connectivity index (χ1n) is 9.11. The number of esters is 1. The summed E-state index contributed by atoms with van der Waals surface area (Å²) in [6.07, 6.45) is -4.32. The van der Waals surface area contributed by atoms with E-state index < -0.39 is 41.1 Å². The molecule has 1 unspecified atom stereocenters. The molecule has 6 nitrogen and oxygen atoms in total. The lowest BCUT2D eigenvalue weighted by molar-refractivity contribution is -0.144. The Kier molecular flexibility index (Phi) is 8.21. The summed E-state index contributed by atoms with van der Waals surface area (Å²) in [5.74, 6) is -2.61. The van der Waals surface area contributed by atoms with Gasteiger partial charge in [0.1, 0.15) is 6.54 Å². The van der Waals surface area contributed by atoms with E-state index in [1.165, 1.54) is 18.2 Å². The van der Waals surface area contributed by atoms with Crippen LogP contribution in [0.3, 0.4) is 0 Å². The Morgan fingerprint density at radius 3 is 2.42 bits per heavy atom. The zero-order chi connectivity index (χ0) is 23.2. The molecule has 0 aliphatic rings. The second kappa shape index (κ2) is 10.4. The lowest BCUT2D eigenvalue weighted by atomic mass is 10.0. The number of anilines is 1. The Labute approximate surface area is 184 Å². The number of ether oxygens (including phenoxy) is 1. The summed E-state index contributed by atoms with van der Waals surface area (Å²) in [5.41, 5.74) is -0.494. The molecule has 1 atom stereocenters. The van der Waals surface area contributed by atoms with Gasteiger partial charge in [-0.25, -0.2) is 0 Å². The van der Waals surface area contributed by atoms with Crippen LogP contribution in [-0.4, -0.2) is 34.5 Å². The predicted molar refractivity (Wildman–Crippen MR) is 110 cm³/mol. The first kappa shape index (κ1) is 24.4. The van der Waals surface area contributed by atoms with Gasteiger partial charge in [0, 0.05) is 17.7 Å². The SMILES string of the molecule is CC(Br)OC(=O)CCc1cccc(C(=O)N(CC(=O)O)c2cccc(C(F)(F)F)c2)c1. The molecule has 0 aromatic heterocycles. The van der Waals surface area contributed by atoms with Gasteiger partial charge in [-0.05, 0) is 65.2 Å². The van der Waals surface area contributed by atoms with Gasteiger partial charge in [0.2, 0.25) is 0 Å². The molecule has 0 spiro atoms. The van der Waals surface area contributed by atoms with Crippen molar-refractivity contribution in [3.63, 3.8) is 0 Å². The molecule has 0 saturated carbocycles. The largest absolute Gasteiger partial charge is 0.480 e. The summed E-state index contributed by atoms with van der Waals surface area (Å²) in [6.45, 7) is 0.821. The van der Waals surface area contributed by atoms with E-state index in [0.29, 0.717) is 5.56 Å². The number of hydrogen-bond acceptors (Lipinski definition) is 4. The summed E-state index contributed by atoms with van der Waals surface area (Å²) < 4.78 is 44.1. The molecule has 0 radical (unpaired) electrons. The molecular formula is C21H19BrF3NO5. The van der Waals surface area contributed by atoms with Crippen LogP contribution in [0, 0.1) is 0 Å². The Morgan fingerprint density at radius 2 is 1.81 bits per heavy atom. The normalized spacial score (nSPS) is 12.2. The van der Waals surface area contributed by atoms with Gasteiger partial charge in [0.05, 0.1) is 5.56 Å². The van der Waals surface area contributed by atoms with Crippen molar-refractivity contribution in [3.8, 4) is 0 Å². The molecule has 0 aliphatic carbocycles. The zero-order valence-corrected chi connectivity index (χ0v) is 17.9. The highest BCUT2D eigenvalue weighted by molar-refractivity contribution is 9.09. The van der Waals surface area contributed by atoms with E-state index in [1.54, 1.807) is 19.1 Å². The molecule has 0 aliphatic heterocycles. The number of nitrogens with zero attached hydrogens (tertiary/aromatic N) is 1. The van der Waals surface area contributed by atoms with Crippen molar-refractivity contribution in [2.24, 2.45) is 0 Å². The molecule has 2 aromatic rings. The molecule has 0 saturated heterocycles. The maximum absolute atomic E-state index is 13.0. The smallest absolute Gasteiger partial charge is 0.416 e. The van der Waals surface area contributed by atoms with Crippen molar-refractivity contribution < 1.29 is 37.4 Å². The molecule has 0 fully saturated rings. The number of carbonyl (C=O) groups is 3. The highest BCUT2D eigenvalue weighted by atomic mass is 79.9. The number of alkyl halides is 4. The van der Waals surface area contributed by atoms with Crippen molar-refractivity contribution in [2.45, 2.75) is 31.0 Å². The summed E-state index contributed by atoms with van der Waals surface area (Å²) in [7, 11) is 0. The number of rotatable bonds is 8. The molecule has 31 heavy (non-hydrogen) atoms. The molecule has 0 bridgehead atoms. The van der Waals surface area contributed by atoms with Gasteiger partial charge in [0.25, 0.3) is 5.91 Å². The van der Waals surface area contributed by atoms with Gasteiger partial charge in [-0.15, -0.1) is 0 Å². The third-order valence-corrected chi connectivity index (χ3v) is 4.30. The van der Waals surface area contributed by atoms with E-state index in [-0.39, 0.29) is 24.1 Å². The van der Waals surface area contributed by atoms with Crippen LogP contribution in [0.2, 0.25) is 0 Å². The summed E-state index contributed by atoms with van der Waals surface area (Å²) >= 11 is 3.10. The number of carboxylic acid groups (broad SMARTS) is 1. The number of carbonyl (C=O) groups excluding carboxylic acids is 2. The van der Waals surface area contributed by atoms with Crippen molar-refractivity contribution in [1.29, 1.82) is 0 Å². The number of hydrogen-bond donors (Lipinski definition) is 1. The Bertz CT molecular complexity index is 962. The highest BCUT2D eigenvalue weighted by Crippen LogP contribution is 2.32. The molecule has 166 valence electrons. The topological polar surface area (TPSA) is 83.9 Å². The summed E-state index contributed by atoms with van der Waals surface area (Å²) in [5, 5.41) is 8.73. The average Bonchev–Trinajstić information content (AvgIpc) is 2.69. The van der Waals surface area contributed by atoms with Gasteiger partial charge in [0.15, 0.2) is 5.01 Å². The lowest BCUT2D eigenvalue weighted by Crippen LogP contribution is -2.36. The standard InChI is InChI=1S/C21H19BrF3NO5/c1-13(22)31-19(29)9-8-14-4-2-5-15(10-14)20(30)26(12-18(27)28)17-7-3-6-16(11-17)21(23,24)25/h2-7,10-11,13H,8-9,12H2,1H3,(H,27,28). The predicted octanol–water partition coefficient (Wildman–Crippen LogP) is 4.65. The molecular weight excluding hydrogens is 483 g/mol. The highest BCUT2D eigenvalue weighted by Gasteiger charge is 2.31. The minimum absolute atomic E-state index is 0.0556. The molecule has 1 amide bonds. The van der Waals surface area contributed by atoms with Gasteiger partial charge < -0.3 is 9.84 Å². The number of carboxylic acids is 1. The maximum Gasteiger partial charge on any atom is 0.416 e.